The molecule has 5 heteroatoms. The maximum Gasteiger partial charge on any atom is 0.261 e. The first-order valence-corrected chi connectivity index (χ1v) is 5.72. The number of halogens is 2. The molecule has 0 unspecified atom stereocenters. The van der Waals surface area contributed by atoms with Gasteiger partial charge in [-0.15, -0.1) is 0 Å². The number of nitrogens with one attached hydrogen (secondary N) is 1. The Morgan fingerprint density at radius 1 is 1.41 bits per heavy atom. The van der Waals surface area contributed by atoms with Crippen molar-refractivity contribution in [2.24, 2.45) is 0 Å². The van der Waals surface area contributed by atoms with Crippen molar-refractivity contribution in [1.82, 2.24) is 10.3 Å². The summed E-state index contributed by atoms with van der Waals surface area (Å²) in [6.07, 6.45) is 0.406. The molecule has 96 valence electrons. The number of rotatable bonds is 8. The van der Waals surface area contributed by atoms with Crippen LogP contribution in [-0.2, 0) is 17.9 Å². The molecule has 1 aromatic heterocycles. The SMILES string of the molecule is CCCNCc1ccc(COCC(F)F)nc1. The van der Waals surface area contributed by atoms with Gasteiger partial charge < -0.3 is 10.1 Å². The minimum Gasteiger partial charge on any atom is -0.369 e. The maximum atomic E-state index is 11.8. The fourth-order valence-electron chi connectivity index (χ4n) is 1.31. The lowest BCUT2D eigenvalue weighted by Gasteiger charge is -2.05. The third-order valence-electron chi connectivity index (χ3n) is 2.14. The van der Waals surface area contributed by atoms with Gasteiger partial charge in [0.15, 0.2) is 0 Å². The molecule has 0 radical (unpaired) electrons. The van der Waals surface area contributed by atoms with Crippen molar-refractivity contribution in [3.8, 4) is 0 Å². The summed E-state index contributed by atoms with van der Waals surface area (Å²) in [4.78, 5) is 4.14. The molecule has 0 atom stereocenters. The van der Waals surface area contributed by atoms with Gasteiger partial charge in [0.1, 0.15) is 6.61 Å². The van der Waals surface area contributed by atoms with Gasteiger partial charge in [-0.25, -0.2) is 8.78 Å². The molecule has 0 aliphatic rings. The number of pyridine rings is 1. The first-order chi connectivity index (χ1) is 8.22. The molecule has 0 aliphatic heterocycles. The standard InChI is InChI=1S/C12H18F2N2O/c1-2-5-15-6-10-3-4-11(16-7-10)8-17-9-12(13)14/h3-4,7,12,15H,2,5-6,8-9H2,1H3. The molecule has 0 saturated heterocycles. The molecule has 0 aliphatic carbocycles. The van der Waals surface area contributed by atoms with Gasteiger partial charge in [-0.3, -0.25) is 4.98 Å². The van der Waals surface area contributed by atoms with E-state index in [0.29, 0.717) is 5.69 Å². The number of ether oxygens (including phenoxy) is 1. The lowest BCUT2D eigenvalue weighted by Crippen LogP contribution is -2.14. The van der Waals surface area contributed by atoms with Crippen LogP contribution in [0.3, 0.4) is 0 Å². The zero-order valence-corrected chi connectivity index (χ0v) is 9.96. The zero-order valence-electron chi connectivity index (χ0n) is 9.96. The molecule has 0 bridgehead atoms. The first kappa shape index (κ1) is 14.0. The molecule has 1 rings (SSSR count). The van der Waals surface area contributed by atoms with Gasteiger partial charge in [0.25, 0.3) is 6.43 Å². The second-order valence-corrected chi connectivity index (χ2v) is 3.74. The number of alkyl halides is 2. The Morgan fingerprint density at radius 3 is 2.82 bits per heavy atom. The van der Waals surface area contributed by atoms with Crippen LogP contribution in [0.25, 0.3) is 0 Å². The summed E-state index contributed by atoms with van der Waals surface area (Å²) in [7, 11) is 0. The van der Waals surface area contributed by atoms with E-state index >= 15 is 0 Å². The Hall–Kier alpha value is -1.07. The zero-order chi connectivity index (χ0) is 12.5. The van der Waals surface area contributed by atoms with E-state index in [1.54, 1.807) is 12.3 Å². The van der Waals surface area contributed by atoms with Gasteiger partial charge in [-0.05, 0) is 24.6 Å². The Labute approximate surface area is 100 Å². The molecular weight excluding hydrogens is 226 g/mol. The van der Waals surface area contributed by atoms with Crippen molar-refractivity contribution in [3.63, 3.8) is 0 Å². The molecule has 1 N–H and O–H groups in total. The Bertz CT molecular complexity index is 304. The van der Waals surface area contributed by atoms with E-state index in [2.05, 4.69) is 17.2 Å². The maximum absolute atomic E-state index is 11.8. The van der Waals surface area contributed by atoms with Crippen LogP contribution in [0.2, 0.25) is 0 Å². The molecule has 0 spiro atoms. The third kappa shape index (κ3) is 6.28. The molecular formula is C12H18F2N2O. The lowest BCUT2D eigenvalue weighted by atomic mass is 10.2. The summed E-state index contributed by atoms with van der Waals surface area (Å²) in [5.41, 5.74) is 1.75. The topological polar surface area (TPSA) is 34.1 Å². The predicted molar refractivity (Wildman–Crippen MR) is 61.9 cm³/mol. The van der Waals surface area contributed by atoms with Gasteiger partial charge in [-0.2, -0.15) is 0 Å². The van der Waals surface area contributed by atoms with Crippen LogP contribution in [0.1, 0.15) is 24.6 Å². The van der Waals surface area contributed by atoms with Crippen molar-refractivity contribution < 1.29 is 13.5 Å². The van der Waals surface area contributed by atoms with Crippen molar-refractivity contribution in [3.05, 3.63) is 29.6 Å². The van der Waals surface area contributed by atoms with Gasteiger partial charge in [-0.1, -0.05) is 13.0 Å². The second kappa shape index (κ2) is 8.08. The molecule has 1 aromatic rings. The summed E-state index contributed by atoms with van der Waals surface area (Å²) in [6, 6.07) is 3.73. The highest BCUT2D eigenvalue weighted by Gasteiger charge is 2.02. The van der Waals surface area contributed by atoms with Gasteiger partial charge in [0.05, 0.1) is 12.3 Å². The van der Waals surface area contributed by atoms with E-state index in [1.807, 2.05) is 6.07 Å². The van der Waals surface area contributed by atoms with Gasteiger partial charge in [0.2, 0.25) is 0 Å². The largest absolute Gasteiger partial charge is 0.369 e. The van der Waals surface area contributed by atoms with Crippen LogP contribution in [0, 0.1) is 0 Å². The number of aromatic nitrogens is 1. The van der Waals surface area contributed by atoms with Crippen LogP contribution < -0.4 is 5.32 Å². The molecule has 0 saturated carbocycles. The Balaban J connectivity index is 2.29. The van der Waals surface area contributed by atoms with Crippen LogP contribution in [-0.4, -0.2) is 24.6 Å². The summed E-state index contributed by atoms with van der Waals surface area (Å²) in [5, 5.41) is 3.26. The fraction of sp³-hybridized carbons (Fsp3) is 0.583. The van der Waals surface area contributed by atoms with Crippen molar-refractivity contribution >= 4 is 0 Å². The molecule has 0 fully saturated rings. The minimum atomic E-state index is -2.42. The number of nitrogens with zero attached hydrogens (tertiary/aromatic N) is 1. The number of hydrogen-bond acceptors (Lipinski definition) is 3. The second-order valence-electron chi connectivity index (χ2n) is 3.74. The third-order valence-corrected chi connectivity index (χ3v) is 2.14. The monoisotopic (exact) mass is 244 g/mol. The normalized spacial score (nSPS) is 11.1. The van der Waals surface area contributed by atoms with Crippen LogP contribution >= 0.6 is 0 Å². The van der Waals surface area contributed by atoms with E-state index in [1.165, 1.54) is 0 Å². The highest BCUT2D eigenvalue weighted by molar-refractivity contribution is 5.13. The highest BCUT2D eigenvalue weighted by Crippen LogP contribution is 2.03. The van der Waals surface area contributed by atoms with Crippen LogP contribution in [0.15, 0.2) is 18.3 Å². The molecule has 3 nitrogen and oxygen atoms in total. The van der Waals surface area contributed by atoms with Crippen molar-refractivity contribution in [1.29, 1.82) is 0 Å². The quantitative estimate of drug-likeness (QED) is 0.713. The molecule has 1 heterocycles. The summed E-state index contributed by atoms with van der Waals surface area (Å²) >= 11 is 0. The van der Waals surface area contributed by atoms with E-state index in [-0.39, 0.29) is 6.61 Å². The number of hydrogen-bond donors (Lipinski definition) is 1. The summed E-state index contributed by atoms with van der Waals surface area (Å²) in [5.74, 6) is 0. The van der Waals surface area contributed by atoms with E-state index in [0.717, 1.165) is 25.1 Å². The van der Waals surface area contributed by atoms with E-state index < -0.39 is 13.0 Å². The molecule has 0 aromatic carbocycles. The van der Waals surface area contributed by atoms with E-state index in [9.17, 15) is 8.78 Å². The highest BCUT2D eigenvalue weighted by atomic mass is 19.3. The minimum absolute atomic E-state index is 0.132. The van der Waals surface area contributed by atoms with E-state index in [4.69, 9.17) is 4.74 Å². The van der Waals surface area contributed by atoms with Crippen molar-refractivity contribution in [2.75, 3.05) is 13.2 Å². The van der Waals surface area contributed by atoms with Gasteiger partial charge >= 0.3 is 0 Å². The Morgan fingerprint density at radius 2 is 2.24 bits per heavy atom. The summed E-state index contributed by atoms with van der Waals surface area (Å²) < 4.78 is 28.4. The summed E-state index contributed by atoms with van der Waals surface area (Å²) in [6.45, 7) is 3.45. The molecule has 17 heavy (non-hydrogen) atoms. The average Bonchev–Trinajstić information content (AvgIpc) is 2.31. The molecule has 0 amide bonds. The fourth-order valence-corrected chi connectivity index (χ4v) is 1.31. The van der Waals surface area contributed by atoms with Crippen LogP contribution in [0.5, 0.6) is 0 Å². The lowest BCUT2D eigenvalue weighted by molar-refractivity contribution is 0.00883. The van der Waals surface area contributed by atoms with Gasteiger partial charge in [0, 0.05) is 12.7 Å². The van der Waals surface area contributed by atoms with Crippen molar-refractivity contribution in [2.45, 2.75) is 32.9 Å². The first-order valence-electron chi connectivity index (χ1n) is 5.72. The Kier molecular flexibility index (Phi) is 6.65. The smallest absolute Gasteiger partial charge is 0.261 e. The van der Waals surface area contributed by atoms with Crippen LogP contribution in [0.4, 0.5) is 8.78 Å². The predicted octanol–water partition coefficient (Wildman–Crippen LogP) is 2.36. The average molecular weight is 244 g/mol.